The van der Waals surface area contributed by atoms with E-state index in [1.165, 1.54) is 0 Å². The van der Waals surface area contributed by atoms with Gasteiger partial charge in [0.2, 0.25) is 0 Å². The molecule has 0 aromatic carbocycles. The van der Waals surface area contributed by atoms with E-state index < -0.39 is 0 Å². The van der Waals surface area contributed by atoms with Crippen molar-refractivity contribution in [2.75, 3.05) is 6.61 Å². The van der Waals surface area contributed by atoms with Crippen molar-refractivity contribution in [2.45, 2.75) is 27.7 Å². The Morgan fingerprint density at radius 2 is 1.80 bits per heavy atom. The first kappa shape index (κ1) is 9.54. The Labute approximate surface area is 64.1 Å². The standard InChI is InChI=1S/C9H18O/c1-7(2)6-10-9(5)8(3)4/h7-8H,5-6H2,1-4H3. The zero-order valence-corrected chi connectivity index (χ0v) is 7.48. The Morgan fingerprint density at radius 1 is 1.30 bits per heavy atom. The molecule has 0 heterocycles. The Hall–Kier alpha value is -0.460. The molecule has 0 saturated carbocycles. The summed E-state index contributed by atoms with van der Waals surface area (Å²) in [6.07, 6.45) is 0. The largest absolute Gasteiger partial charge is 0.498 e. The molecular weight excluding hydrogens is 124 g/mol. The summed E-state index contributed by atoms with van der Waals surface area (Å²) in [4.78, 5) is 0. The van der Waals surface area contributed by atoms with Crippen LogP contribution in [0.4, 0.5) is 0 Å². The Kier molecular flexibility index (Phi) is 4.17. The van der Waals surface area contributed by atoms with E-state index in [2.05, 4.69) is 34.3 Å². The lowest BCUT2D eigenvalue weighted by Gasteiger charge is -2.13. The fourth-order valence-electron chi connectivity index (χ4n) is 0.440. The quantitative estimate of drug-likeness (QED) is 0.548. The Balaban J connectivity index is 3.40. The fourth-order valence-corrected chi connectivity index (χ4v) is 0.440. The number of ether oxygens (including phenoxy) is 1. The molecule has 0 aliphatic carbocycles. The summed E-state index contributed by atoms with van der Waals surface area (Å²) in [5.41, 5.74) is 0. The summed E-state index contributed by atoms with van der Waals surface area (Å²) in [6, 6.07) is 0. The molecule has 0 unspecified atom stereocenters. The normalized spacial score (nSPS) is 10.6. The zero-order valence-electron chi connectivity index (χ0n) is 7.48. The first-order chi connectivity index (χ1) is 4.54. The summed E-state index contributed by atoms with van der Waals surface area (Å²) in [5.74, 6) is 1.93. The minimum Gasteiger partial charge on any atom is -0.498 e. The highest BCUT2D eigenvalue weighted by Crippen LogP contribution is 2.09. The van der Waals surface area contributed by atoms with Crippen LogP contribution in [0.5, 0.6) is 0 Å². The summed E-state index contributed by atoms with van der Waals surface area (Å²) in [7, 11) is 0. The third-order valence-corrected chi connectivity index (χ3v) is 1.25. The Morgan fingerprint density at radius 3 is 2.10 bits per heavy atom. The lowest BCUT2D eigenvalue weighted by atomic mass is 10.2. The van der Waals surface area contributed by atoms with Crippen LogP contribution in [0, 0.1) is 11.8 Å². The van der Waals surface area contributed by atoms with Gasteiger partial charge in [-0.25, -0.2) is 0 Å². The van der Waals surface area contributed by atoms with E-state index in [0.717, 1.165) is 12.4 Å². The van der Waals surface area contributed by atoms with Crippen molar-refractivity contribution in [1.29, 1.82) is 0 Å². The van der Waals surface area contributed by atoms with Crippen molar-refractivity contribution >= 4 is 0 Å². The van der Waals surface area contributed by atoms with Gasteiger partial charge in [0.05, 0.1) is 12.4 Å². The highest BCUT2D eigenvalue weighted by molar-refractivity contribution is 4.85. The topological polar surface area (TPSA) is 9.23 Å². The molecule has 0 saturated heterocycles. The Bertz CT molecular complexity index is 103. The molecule has 1 nitrogen and oxygen atoms in total. The number of rotatable bonds is 4. The third-order valence-electron chi connectivity index (χ3n) is 1.25. The van der Waals surface area contributed by atoms with Crippen LogP contribution in [0.2, 0.25) is 0 Å². The van der Waals surface area contributed by atoms with Crippen LogP contribution in [0.3, 0.4) is 0 Å². The van der Waals surface area contributed by atoms with Crippen LogP contribution in [-0.2, 0) is 4.74 Å². The van der Waals surface area contributed by atoms with Crippen molar-refractivity contribution in [3.8, 4) is 0 Å². The minimum absolute atomic E-state index is 0.443. The second-order valence-corrected chi connectivity index (χ2v) is 3.33. The van der Waals surface area contributed by atoms with Crippen molar-refractivity contribution in [3.63, 3.8) is 0 Å². The molecule has 0 fully saturated rings. The average Bonchev–Trinajstić information content (AvgIpc) is 1.82. The second-order valence-electron chi connectivity index (χ2n) is 3.33. The van der Waals surface area contributed by atoms with Crippen LogP contribution >= 0.6 is 0 Å². The average molecular weight is 142 g/mol. The van der Waals surface area contributed by atoms with Gasteiger partial charge in [0.15, 0.2) is 0 Å². The maximum atomic E-state index is 5.37. The molecule has 60 valence electrons. The first-order valence-corrected chi connectivity index (χ1v) is 3.85. The minimum atomic E-state index is 0.443. The molecule has 0 aromatic heterocycles. The van der Waals surface area contributed by atoms with Crippen LogP contribution in [-0.4, -0.2) is 6.61 Å². The number of hydrogen-bond donors (Lipinski definition) is 0. The summed E-state index contributed by atoms with van der Waals surface area (Å²) < 4.78 is 5.37. The van der Waals surface area contributed by atoms with Crippen molar-refractivity contribution in [3.05, 3.63) is 12.3 Å². The zero-order chi connectivity index (χ0) is 8.15. The summed E-state index contributed by atoms with van der Waals surface area (Å²) in [6.45, 7) is 13.0. The molecule has 0 aliphatic rings. The lowest BCUT2D eigenvalue weighted by molar-refractivity contribution is 0.158. The van der Waals surface area contributed by atoms with Crippen molar-refractivity contribution in [2.24, 2.45) is 11.8 Å². The molecule has 10 heavy (non-hydrogen) atoms. The van der Waals surface area contributed by atoms with E-state index in [9.17, 15) is 0 Å². The van der Waals surface area contributed by atoms with Crippen LogP contribution in [0.1, 0.15) is 27.7 Å². The predicted octanol–water partition coefficient (Wildman–Crippen LogP) is 2.83. The van der Waals surface area contributed by atoms with Crippen molar-refractivity contribution < 1.29 is 4.74 Å². The third kappa shape index (κ3) is 4.42. The second kappa shape index (κ2) is 4.37. The van der Waals surface area contributed by atoms with Gasteiger partial charge < -0.3 is 4.74 Å². The van der Waals surface area contributed by atoms with Gasteiger partial charge in [0.1, 0.15) is 0 Å². The van der Waals surface area contributed by atoms with Crippen molar-refractivity contribution in [1.82, 2.24) is 0 Å². The van der Waals surface area contributed by atoms with Gasteiger partial charge in [-0.3, -0.25) is 0 Å². The molecule has 0 aromatic rings. The van der Waals surface area contributed by atoms with Crippen LogP contribution in [0.25, 0.3) is 0 Å². The molecule has 1 heteroatoms. The van der Waals surface area contributed by atoms with Gasteiger partial charge in [-0.2, -0.15) is 0 Å². The van der Waals surface area contributed by atoms with E-state index in [-0.39, 0.29) is 0 Å². The molecule has 0 rings (SSSR count). The van der Waals surface area contributed by atoms with Crippen LogP contribution < -0.4 is 0 Å². The fraction of sp³-hybridized carbons (Fsp3) is 0.778. The molecule has 0 radical (unpaired) electrons. The SMILES string of the molecule is C=C(OCC(C)C)C(C)C. The van der Waals surface area contributed by atoms with Crippen LogP contribution in [0.15, 0.2) is 12.3 Å². The monoisotopic (exact) mass is 142 g/mol. The number of allylic oxidation sites excluding steroid dienone is 1. The molecule has 0 N–H and O–H groups in total. The lowest BCUT2D eigenvalue weighted by Crippen LogP contribution is -2.04. The van der Waals surface area contributed by atoms with Gasteiger partial charge in [-0.15, -0.1) is 0 Å². The predicted molar refractivity (Wildman–Crippen MR) is 44.8 cm³/mol. The van der Waals surface area contributed by atoms with E-state index in [0.29, 0.717) is 11.8 Å². The maximum absolute atomic E-state index is 5.37. The van der Waals surface area contributed by atoms with E-state index in [1.807, 2.05) is 0 Å². The molecule has 0 amide bonds. The van der Waals surface area contributed by atoms with Gasteiger partial charge in [0.25, 0.3) is 0 Å². The van der Waals surface area contributed by atoms with Gasteiger partial charge >= 0.3 is 0 Å². The first-order valence-electron chi connectivity index (χ1n) is 3.85. The summed E-state index contributed by atoms with van der Waals surface area (Å²) in [5, 5.41) is 0. The van der Waals surface area contributed by atoms with E-state index in [1.54, 1.807) is 0 Å². The molecule has 0 atom stereocenters. The smallest absolute Gasteiger partial charge is 0.0913 e. The number of hydrogen-bond acceptors (Lipinski definition) is 1. The molecule has 0 bridgehead atoms. The van der Waals surface area contributed by atoms with Gasteiger partial charge in [-0.1, -0.05) is 34.3 Å². The molecule has 0 aliphatic heterocycles. The summed E-state index contributed by atoms with van der Waals surface area (Å²) >= 11 is 0. The van der Waals surface area contributed by atoms with E-state index in [4.69, 9.17) is 4.74 Å². The highest BCUT2D eigenvalue weighted by atomic mass is 16.5. The van der Waals surface area contributed by atoms with Gasteiger partial charge in [-0.05, 0) is 5.92 Å². The van der Waals surface area contributed by atoms with E-state index >= 15 is 0 Å². The maximum Gasteiger partial charge on any atom is 0.0913 e. The molecular formula is C9H18O. The highest BCUT2D eigenvalue weighted by Gasteiger charge is 2.01. The molecule has 0 spiro atoms. The van der Waals surface area contributed by atoms with Gasteiger partial charge in [0, 0.05) is 5.92 Å².